The van der Waals surface area contributed by atoms with Gasteiger partial charge in [0.1, 0.15) is 0 Å². The lowest BCUT2D eigenvalue weighted by Crippen LogP contribution is -2.19. The maximum absolute atomic E-state index is 13.5. The maximum atomic E-state index is 13.5. The lowest BCUT2D eigenvalue weighted by atomic mass is 9.98. The number of aromatic nitrogens is 2. The molecule has 0 unspecified atom stereocenters. The number of alkyl halides is 3. The van der Waals surface area contributed by atoms with Crippen molar-refractivity contribution in [3.05, 3.63) is 66.5 Å². The third kappa shape index (κ3) is 4.02. The molecule has 8 heteroatoms. The van der Waals surface area contributed by atoms with Gasteiger partial charge in [0.25, 0.3) is 0 Å². The molecule has 0 atom stereocenters. The number of hydrogen-bond acceptors (Lipinski definition) is 2. The lowest BCUT2D eigenvalue weighted by molar-refractivity contribution is -0.137. The Morgan fingerprint density at radius 3 is 2.35 bits per heavy atom. The minimum absolute atomic E-state index is 0.0402. The topological polar surface area (TPSA) is 59.0 Å². The van der Waals surface area contributed by atoms with Gasteiger partial charge >= 0.3 is 12.2 Å². The van der Waals surface area contributed by atoms with Gasteiger partial charge in [-0.25, -0.2) is 4.79 Å². The second-order valence-electron chi connectivity index (χ2n) is 5.61. The first kappa shape index (κ1) is 17.5. The van der Waals surface area contributed by atoms with E-state index in [2.05, 4.69) is 15.7 Å². The molecule has 0 radical (unpaired) electrons. The van der Waals surface area contributed by atoms with E-state index >= 15 is 0 Å². The van der Waals surface area contributed by atoms with Gasteiger partial charge in [-0.3, -0.25) is 4.68 Å². The quantitative estimate of drug-likeness (QED) is 0.708. The molecular formula is C18H15F3N4O. The SMILES string of the molecule is Cn1cc(NC(=O)Nc2ccc(-c3ccccc3)c(C(F)(F)F)c2)cn1. The van der Waals surface area contributed by atoms with Gasteiger partial charge in [0.2, 0.25) is 0 Å². The maximum Gasteiger partial charge on any atom is 0.417 e. The van der Waals surface area contributed by atoms with E-state index < -0.39 is 17.8 Å². The van der Waals surface area contributed by atoms with Crippen LogP contribution >= 0.6 is 0 Å². The molecule has 2 amide bonds. The van der Waals surface area contributed by atoms with Gasteiger partial charge in [-0.05, 0) is 23.3 Å². The smallest absolute Gasteiger partial charge is 0.308 e. The number of amides is 2. The summed E-state index contributed by atoms with van der Waals surface area (Å²) in [5.74, 6) is 0. The Kier molecular flexibility index (Phi) is 4.66. The zero-order chi connectivity index (χ0) is 18.7. The molecular weight excluding hydrogens is 345 g/mol. The first-order valence-electron chi connectivity index (χ1n) is 7.66. The molecule has 2 N–H and O–H groups in total. The molecule has 0 aliphatic rings. The average Bonchev–Trinajstić information content (AvgIpc) is 2.99. The molecule has 0 fully saturated rings. The Balaban J connectivity index is 1.86. The molecule has 3 aromatic rings. The van der Waals surface area contributed by atoms with E-state index in [0.29, 0.717) is 11.3 Å². The van der Waals surface area contributed by atoms with Crippen molar-refractivity contribution in [2.45, 2.75) is 6.18 Å². The molecule has 3 rings (SSSR count). The Hall–Kier alpha value is -3.29. The van der Waals surface area contributed by atoms with E-state index in [1.807, 2.05) is 0 Å². The lowest BCUT2D eigenvalue weighted by Gasteiger charge is -2.15. The monoisotopic (exact) mass is 360 g/mol. The Labute approximate surface area is 147 Å². The van der Waals surface area contributed by atoms with E-state index in [-0.39, 0.29) is 11.3 Å². The standard InChI is InChI=1S/C18H15F3N4O/c1-25-11-14(10-22-25)24-17(26)23-13-7-8-15(12-5-3-2-4-6-12)16(9-13)18(19,20)21/h2-11H,1H3,(H2,23,24,26). The van der Waals surface area contributed by atoms with Gasteiger partial charge in [0.15, 0.2) is 0 Å². The number of benzene rings is 2. The van der Waals surface area contributed by atoms with Crippen LogP contribution in [-0.4, -0.2) is 15.8 Å². The normalized spacial score (nSPS) is 11.2. The number of nitrogens with one attached hydrogen (secondary N) is 2. The van der Waals surface area contributed by atoms with Gasteiger partial charge in [0, 0.05) is 18.9 Å². The van der Waals surface area contributed by atoms with Crippen molar-refractivity contribution in [3.8, 4) is 11.1 Å². The van der Waals surface area contributed by atoms with E-state index in [4.69, 9.17) is 0 Å². The van der Waals surface area contributed by atoms with Gasteiger partial charge < -0.3 is 10.6 Å². The highest BCUT2D eigenvalue weighted by Crippen LogP contribution is 2.38. The number of anilines is 2. The van der Waals surface area contributed by atoms with Crippen LogP contribution in [0.5, 0.6) is 0 Å². The fraction of sp³-hybridized carbons (Fsp3) is 0.111. The van der Waals surface area contributed by atoms with E-state index in [9.17, 15) is 18.0 Å². The van der Waals surface area contributed by atoms with Gasteiger partial charge in [-0.1, -0.05) is 36.4 Å². The van der Waals surface area contributed by atoms with Crippen molar-refractivity contribution in [1.82, 2.24) is 9.78 Å². The summed E-state index contributed by atoms with van der Waals surface area (Å²) in [6.45, 7) is 0. The first-order valence-corrected chi connectivity index (χ1v) is 7.66. The van der Waals surface area contributed by atoms with Crippen LogP contribution in [0.2, 0.25) is 0 Å². The fourth-order valence-corrected chi connectivity index (χ4v) is 2.51. The summed E-state index contributed by atoms with van der Waals surface area (Å²) >= 11 is 0. The molecule has 1 aromatic heterocycles. The number of carbonyl (C=O) groups excluding carboxylic acids is 1. The summed E-state index contributed by atoms with van der Waals surface area (Å²) in [6, 6.07) is 11.3. The third-order valence-electron chi connectivity index (χ3n) is 3.63. The number of carbonyl (C=O) groups is 1. The molecule has 134 valence electrons. The van der Waals surface area contributed by atoms with Crippen LogP contribution in [0.4, 0.5) is 29.3 Å². The number of hydrogen-bond donors (Lipinski definition) is 2. The van der Waals surface area contributed by atoms with Gasteiger partial charge in [0.05, 0.1) is 17.4 Å². The molecule has 0 saturated heterocycles. The molecule has 2 aromatic carbocycles. The molecule has 26 heavy (non-hydrogen) atoms. The third-order valence-corrected chi connectivity index (χ3v) is 3.63. The summed E-state index contributed by atoms with van der Waals surface area (Å²) in [4.78, 5) is 12.0. The summed E-state index contributed by atoms with van der Waals surface area (Å²) in [5.41, 5.74) is 0.158. The van der Waals surface area contributed by atoms with Crippen LogP contribution < -0.4 is 10.6 Å². The van der Waals surface area contributed by atoms with Crippen LogP contribution in [0, 0.1) is 0 Å². The Morgan fingerprint density at radius 2 is 1.73 bits per heavy atom. The average molecular weight is 360 g/mol. The number of nitrogens with zero attached hydrogens (tertiary/aromatic N) is 2. The molecule has 0 aliphatic carbocycles. The summed E-state index contributed by atoms with van der Waals surface area (Å²) in [6.07, 6.45) is -1.55. The van der Waals surface area contributed by atoms with Crippen molar-refractivity contribution in [1.29, 1.82) is 0 Å². The Bertz CT molecular complexity index is 920. The highest BCUT2D eigenvalue weighted by Gasteiger charge is 2.34. The second kappa shape index (κ2) is 6.91. The summed E-state index contributed by atoms with van der Waals surface area (Å²) < 4.78 is 41.9. The molecule has 0 saturated carbocycles. The minimum Gasteiger partial charge on any atom is -0.308 e. The molecule has 0 aliphatic heterocycles. The number of urea groups is 1. The van der Waals surface area contributed by atoms with Crippen molar-refractivity contribution in [2.24, 2.45) is 7.05 Å². The van der Waals surface area contributed by atoms with Crippen LogP contribution in [0.3, 0.4) is 0 Å². The fourth-order valence-electron chi connectivity index (χ4n) is 2.51. The number of halogens is 3. The molecule has 5 nitrogen and oxygen atoms in total. The molecule has 0 bridgehead atoms. The van der Waals surface area contributed by atoms with Crippen LogP contribution in [0.25, 0.3) is 11.1 Å². The molecule has 0 spiro atoms. The van der Waals surface area contributed by atoms with Crippen molar-refractivity contribution in [3.63, 3.8) is 0 Å². The van der Waals surface area contributed by atoms with E-state index in [1.165, 1.54) is 23.0 Å². The zero-order valence-corrected chi connectivity index (χ0v) is 13.7. The minimum atomic E-state index is -4.55. The second-order valence-corrected chi connectivity index (χ2v) is 5.61. The van der Waals surface area contributed by atoms with Crippen LogP contribution in [0.1, 0.15) is 5.56 Å². The summed E-state index contributed by atoms with van der Waals surface area (Å²) in [7, 11) is 1.68. The van der Waals surface area contributed by atoms with Gasteiger partial charge in [-0.15, -0.1) is 0 Å². The predicted molar refractivity (Wildman–Crippen MR) is 92.7 cm³/mol. The Morgan fingerprint density at radius 1 is 1.04 bits per heavy atom. The van der Waals surface area contributed by atoms with Crippen LogP contribution in [0.15, 0.2) is 60.9 Å². The van der Waals surface area contributed by atoms with E-state index in [0.717, 1.165) is 6.07 Å². The van der Waals surface area contributed by atoms with Gasteiger partial charge in [-0.2, -0.15) is 18.3 Å². The van der Waals surface area contributed by atoms with Crippen LogP contribution in [-0.2, 0) is 13.2 Å². The first-order chi connectivity index (χ1) is 12.3. The zero-order valence-electron chi connectivity index (χ0n) is 13.7. The number of rotatable bonds is 3. The van der Waals surface area contributed by atoms with Crippen molar-refractivity contribution in [2.75, 3.05) is 10.6 Å². The summed E-state index contributed by atoms with van der Waals surface area (Å²) in [5, 5.41) is 8.80. The van der Waals surface area contributed by atoms with Crippen molar-refractivity contribution >= 4 is 17.4 Å². The number of aryl methyl sites for hydroxylation is 1. The molecule has 1 heterocycles. The predicted octanol–water partition coefficient (Wildman–Crippen LogP) is 4.75. The largest absolute Gasteiger partial charge is 0.417 e. The highest BCUT2D eigenvalue weighted by molar-refractivity contribution is 5.99. The highest BCUT2D eigenvalue weighted by atomic mass is 19.4. The van der Waals surface area contributed by atoms with Crippen molar-refractivity contribution < 1.29 is 18.0 Å². The van der Waals surface area contributed by atoms with E-state index in [1.54, 1.807) is 43.6 Å².